The second-order valence-electron chi connectivity index (χ2n) is 10.9. The van der Waals surface area contributed by atoms with Gasteiger partial charge in [-0.05, 0) is 69.0 Å². The van der Waals surface area contributed by atoms with Gasteiger partial charge in [0.05, 0.1) is 18.6 Å². The van der Waals surface area contributed by atoms with Crippen LogP contribution in [-0.4, -0.2) is 56.6 Å². The summed E-state index contributed by atoms with van der Waals surface area (Å²) in [5, 5.41) is 3.08. The first kappa shape index (κ1) is 33.6. The van der Waals surface area contributed by atoms with Gasteiger partial charge < -0.3 is 15.0 Å². The third-order valence-electron chi connectivity index (χ3n) is 7.33. The number of sulfonamides is 1. The lowest BCUT2D eigenvalue weighted by Gasteiger charge is -2.32. The molecule has 9 heteroatoms. The number of carbonyl (C=O) groups is 2. The molecule has 0 aromatic heterocycles. The summed E-state index contributed by atoms with van der Waals surface area (Å²) in [4.78, 5) is 29.3. The van der Waals surface area contributed by atoms with E-state index in [0.29, 0.717) is 24.5 Å². The molecule has 0 saturated heterocycles. The Morgan fingerprint density at radius 1 is 0.907 bits per heavy atom. The molecule has 3 rings (SSSR count). The average Bonchev–Trinajstić information content (AvgIpc) is 2.98. The van der Waals surface area contributed by atoms with Crippen LogP contribution in [0.5, 0.6) is 5.75 Å². The number of ether oxygens (including phenoxy) is 1. The lowest BCUT2D eigenvalue weighted by Crippen LogP contribution is -2.52. The summed E-state index contributed by atoms with van der Waals surface area (Å²) in [6.07, 6.45) is 2.65. The summed E-state index contributed by atoms with van der Waals surface area (Å²) in [6.45, 7) is 8.74. The van der Waals surface area contributed by atoms with Crippen LogP contribution in [0.4, 0.5) is 5.69 Å². The van der Waals surface area contributed by atoms with Gasteiger partial charge in [0.1, 0.15) is 11.8 Å². The Balaban J connectivity index is 1.86. The predicted octanol–water partition coefficient (Wildman–Crippen LogP) is 5.49. The van der Waals surface area contributed by atoms with Crippen LogP contribution in [0, 0.1) is 6.92 Å². The Kier molecular flexibility index (Phi) is 12.6. The molecule has 3 aromatic carbocycles. The summed E-state index contributed by atoms with van der Waals surface area (Å²) in [7, 11) is -3.60. The minimum Gasteiger partial charge on any atom is -0.494 e. The number of carbonyl (C=O) groups excluding carboxylic acids is 2. The Morgan fingerprint density at radius 2 is 1.56 bits per heavy atom. The van der Waals surface area contributed by atoms with Gasteiger partial charge in [0.2, 0.25) is 21.8 Å². The molecule has 0 aliphatic heterocycles. The van der Waals surface area contributed by atoms with Gasteiger partial charge in [-0.3, -0.25) is 13.9 Å². The number of nitrogens with one attached hydrogen (secondary N) is 1. The van der Waals surface area contributed by atoms with Crippen LogP contribution in [0.25, 0.3) is 0 Å². The van der Waals surface area contributed by atoms with Crippen molar-refractivity contribution in [2.24, 2.45) is 0 Å². The van der Waals surface area contributed by atoms with Crippen molar-refractivity contribution in [2.75, 3.05) is 23.7 Å². The summed E-state index contributed by atoms with van der Waals surface area (Å²) >= 11 is 0. The summed E-state index contributed by atoms with van der Waals surface area (Å²) in [6, 6.07) is 23.7. The van der Waals surface area contributed by atoms with Crippen molar-refractivity contribution in [3.8, 4) is 5.75 Å². The van der Waals surface area contributed by atoms with E-state index in [1.165, 1.54) is 4.31 Å². The smallest absolute Gasteiger partial charge is 0.243 e. The summed E-state index contributed by atoms with van der Waals surface area (Å²) in [5.74, 6) is 0.244. The topological polar surface area (TPSA) is 96.0 Å². The highest BCUT2D eigenvalue weighted by Gasteiger charge is 2.31. The monoisotopic (exact) mass is 607 g/mol. The molecular formula is C34H45N3O5S. The van der Waals surface area contributed by atoms with E-state index in [1.54, 1.807) is 29.2 Å². The van der Waals surface area contributed by atoms with E-state index in [0.717, 1.165) is 29.4 Å². The first-order valence-corrected chi connectivity index (χ1v) is 16.8. The fourth-order valence-electron chi connectivity index (χ4n) is 4.76. The standard InChI is InChI=1S/C34H45N3O5S/c1-6-27(4)35-34(39)32(24-28-12-9-8-10-13-28)36(25-29-17-15-26(3)16-18-29)33(38)14-11-23-37(43(5,40)41)30-19-21-31(22-20-30)42-7-2/h8-10,12-13,15-22,27,32H,6-7,11,14,23-25H2,1-5H3,(H,35,39). The fraction of sp³-hybridized carbons (Fsp3) is 0.412. The minimum atomic E-state index is -3.60. The molecule has 2 atom stereocenters. The number of hydrogen-bond acceptors (Lipinski definition) is 5. The largest absolute Gasteiger partial charge is 0.494 e. The Morgan fingerprint density at radius 3 is 2.14 bits per heavy atom. The number of benzene rings is 3. The van der Waals surface area contributed by atoms with E-state index in [4.69, 9.17) is 4.74 Å². The van der Waals surface area contributed by atoms with E-state index < -0.39 is 16.1 Å². The third-order valence-corrected chi connectivity index (χ3v) is 8.53. The van der Waals surface area contributed by atoms with E-state index in [2.05, 4.69) is 5.32 Å². The molecule has 0 fully saturated rings. The zero-order valence-electron chi connectivity index (χ0n) is 26.0. The second kappa shape index (κ2) is 16.1. The van der Waals surface area contributed by atoms with E-state index in [-0.39, 0.29) is 43.8 Å². The maximum absolute atomic E-state index is 14.0. The van der Waals surface area contributed by atoms with Gasteiger partial charge in [-0.25, -0.2) is 8.42 Å². The van der Waals surface area contributed by atoms with Gasteiger partial charge in [0.15, 0.2) is 0 Å². The molecule has 3 aromatic rings. The van der Waals surface area contributed by atoms with Crippen molar-refractivity contribution in [2.45, 2.75) is 72.0 Å². The van der Waals surface area contributed by atoms with Gasteiger partial charge in [-0.1, -0.05) is 67.1 Å². The van der Waals surface area contributed by atoms with E-state index >= 15 is 0 Å². The Labute approximate surface area is 257 Å². The molecule has 1 N–H and O–H groups in total. The highest BCUT2D eigenvalue weighted by molar-refractivity contribution is 7.92. The number of anilines is 1. The zero-order chi connectivity index (χ0) is 31.4. The Hall–Kier alpha value is -3.85. The molecule has 0 bridgehead atoms. The van der Waals surface area contributed by atoms with E-state index in [9.17, 15) is 18.0 Å². The van der Waals surface area contributed by atoms with Crippen LogP contribution in [0.2, 0.25) is 0 Å². The van der Waals surface area contributed by atoms with Crippen molar-refractivity contribution in [1.29, 1.82) is 0 Å². The zero-order valence-corrected chi connectivity index (χ0v) is 26.8. The number of rotatable bonds is 16. The van der Waals surface area contributed by atoms with Crippen molar-refractivity contribution >= 4 is 27.5 Å². The maximum Gasteiger partial charge on any atom is 0.243 e. The molecule has 0 radical (unpaired) electrons. The molecule has 0 spiro atoms. The summed E-state index contributed by atoms with van der Waals surface area (Å²) < 4.78 is 32.2. The molecule has 232 valence electrons. The van der Waals surface area contributed by atoms with Crippen molar-refractivity contribution < 1.29 is 22.7 Å². The van der Waals surface area contributed by atoms with Crippen LogP contribution in [0.3, 0.4) is 0 Å². The van der Waals surface area contributed by atoms with Crippen molar-refractivity contribution in [3.05, 3.63) is 95.6 Å². The van der Waals surface area contributed by atoms with Gasteiger partial charge in [-0.15, -0.1) is 0 Å². The SMILES string of the molecule is CCOc1ccc(N(CCCC(=O)N(Cc2ccc(C)cc2)C(Cc2ccccc2)C(=O)NC(C)CC)S(C)(=O)=O)cc1. The van der Waals surface area contributed by atoms with E-state index in [1.807, 2.05) is 82.3 Å². The van der Waals surface area contributed by atoms with Gasteiger partial charge in [0.25, 0.3) is 0 Å². The van der Waals surface area contributed by atoms with Crippen molar-refractivity contribution in [1.82, 2.24) is 10.2 Å². The third kappa shape index (κ3) is 10.4. The summed E-state index contributed by atoms with van der Waals surface area (Å²) in [5.41, 5.74) is 3.48. The molecule has 0 heterocycles. The van der Waals surface area contributed by atoms with Crippen molar-refractivity contribution in [3.63, 3.8) is 0 Å². The Bertz CT molecular complexity index is 1410. The lowest BCUT2D eigenvalue weighted by atomic mass is 10.0. The number of nitrogens with zero attached hydrogens (tertiary/aromatic N) is 2. The second-order valence-corrected chi connectivity index (χ2v) is 12.8. The first-order chi connectivity index (χ1) is 20.5. The van der Waals surface area contributed by atoms with Crippen LogP contribution in [0.15, 0.2) is 78.9 Å². The molecule has 8 nitrogen and oxygen atoms in total. The number of aryl methyl sites for hydroxylation is 1. The first-order valence-electron chi connectivity index (χ1n) is 14.9. The molecule has 2 unspecified atom stereocenters. The molecule has 0 aliphatic rings. The maximum atomic E-state index is 14.0. The minimum absolute atomic E-state index is 0.0421. The van der Waals surface area contributed by atoms with Gasteiger partial charge in [-0.2, -0.15) is 0 Å². The molecule has 2 amide bonds. The van der Waals surface area contributed by atoms with Crippen LogP contribution in [0.1, 0.15) is 56.7 Å². The lowest BCUT2D eigenvalue weighted by molar-refractivity contribution is -0.141. The average molecular weight is 608 g/mol. The quantitative estimate of drug-likeness (QED) is 0.232. The molecule has 43 heavy (non-hydrogen) atoms. The highest BCUT2D eigenvalue weighted by Crippen LogP contribution is 2.23. The number of amides is 2. The van der Waals surface area contributed by atoms with Gasteiger partial charge in [0, 0.05) is 32.0 Å². The molecule has 0 aliphatic carbocycles. The van der Waals surface area contributed by atoms with Crippen LogP contribution in [-0.2, 0) is 32.6 Å². The van der Waals surface area contributed by atoms with Crippen LogP contribution >= 0.6 is 0 Å². The molecule has 0 saturated carbocycles. The highest BCUT2D eigenvalue weighted by atomic mass is 32.2. The normalized spacial score (nSPS) is 12.7. The molecular weight excluding hydrogens is 562 g/mol. The van der Waals surface area contributed by atoms with Crippen LogP contribution < -0.4 is 14.4 Å². The van der Waals surface area contributed by atoms with Gasteiger partial charge >= 0.3 is 0 Å². The fourth-order valence-corrected chi connectivity index (χ4v) is 5.73. The number of hydrogen-bond donors (Lipinski definition) is 1. The predicted molar refractivity (Wildman–Crippen MR) is 173 cm³/mol.